The first kappa shape index (κ1) is 18.0. The van der Waals surface area contributed by atoms with Crippen LogP contribution in [-0.2, 0) is 30.7 Å². The van der Waals surface area contributed by atoms with Crippen molar-refractivity contribution < 1.29 is 4.74 Å². The Bertz CT molecular complexity index is 812. The molecule has 0 spiro atoms. The average Bonchev–Trinajstić information content (AvgIpc) is 3.15. The first-order chi connectivity index (χ1) is 13.3. The molecule has 3 N–H and O–H groups in total. The van der Waals surface area contributed by atoms with Gasteiger partial charge >= 0.3 is 0 Å². The summed E-state index contributed by atoms with van der Waals surface area (Å²) in [5.41, 5.74) is 12.5. The summed E-state index contributed by atoms with van der Waals surface area (Å²) in [5, 5.41) is 3.23. The Hall–Kier alpha value is -2.37. The van der Waals surface area contributed by atoms with E-state index >= 15 is 0 Å². The van der Waals surface area contributed by atoms with Gasteiger partial charge in [-0.15, -0.1) is 0 Å². The van der Waals surface area contributed by atoms with E-state index < -0.39 is 0 Å². The normalized spacial score (nSPS) is 17.7. The zero-order valence-electron chi connectivity index (χ0n) is 15.8. The van der Waals surface area contributed by atoms with Crippen LogP contribution in [0.5, 0.6) is 0 Å². The molecule has 2 aromatic rings. The molecule has 0 radical (unpaired) electrons. The summed E-state index contributed by atoms with van der Waals surface area (Å²) in [6.07, 6.45) is 3.61. The lowest BCUT2D eigenvalue weighted by molar-refractivity contribution is 0.0342. The monoisotopic (exact) mass is 364 g/mol. The molecule has 0 amide bonds. The third-order valence-electron chi connectivity index (χ3n) is 5.30. The molecule has 5 heteroatoms. The van der Waals surface area contributed by atoms with Gasteiger partial charge in [-0.3, -0.25) is 4.90 Å². The Morgan fingerprint density at radius 2 is 1.85 bits per heavy atom. The van der Waals surface area contributed by atoms with Gasteiger partial charge in [-0.05, 0) is 53.6 Å². The number of ether oxygens (including phenoxy) is 1. The second-order valence-corrected chi connectivity index (χ2v) is 7.37. The van der Waals surface area contributed by atoms with Crippen molar-refractivity contribution in [1.29, 1.82) is 0 Å². The summed E-state index contributed by atoms with van der Waals surface area (Å²) in [7, 11) is 0. The number of rotatable bonds is 5. The van der Waals surface area contributed by atoms with Crippen LogP contribution < -0.4 is 11.1 Å². The highest BCUT2D eigenvalue weighted by Gasteiger charge is 2.12. The van der Waals surface area contributed by atoms with Crippen molar-refractivity contribution in [2.45, 2.75) is 32.4 Å². The van der Waals surface area contributed by atoms with Crippen LogP contribution in [0.2, 0.25) is 0 Å². The van der Waals surface area contributed by atoms with Crippen molar-refractivity contribution in [3.8, 4) is 0 Å². The van der Waals surface area contributed by atoms with Gasteiger partial charge in [0.2, 0.25) is 0 Å². The zero-order valence-corrected chi connectivity index (χ0v) is 15.8. The molecule has 1 aliphatic heterocycles. The molecular formula is C22H28N4O. The van der Waals surface area contributed by atoms with Crippen LogP contribution in [0.3, 0.4) is 0 Å². The minimum Gasteiger partial charge on any atom is -0.379 e. The largest absolute Gasteiger partial charge is 0.379 e. The molecule has 2 aliphatic rings. The fraction of sp³-hybridized carbons (Fsp3) is 0.409. The number of nitrogens with one attached hydrogen (secondary N) is 1. The number of nitrogens with two attached hydrogens (primary N) is 1. The lowest BCUT2D eigenvalue weighted by Crippen LogP contribution is -2.35. The first-order valence-corrected chi connectivity index (χ1v) is 9.83. The van der Waals surface area contributed by atoms with E-state index in [1.165, 1.54) is 35.1 Å². The van der Waals surface area contributed by atoms with Crippen molar-refractivity contribution in [3.05, 3.63) is 64.7 Å². The summed E-state index contributed by atoms with van der Waals surface area (Å²) in [5.74, 6) is 0.464. The summed E-state index contributed by atoms with van der Waals surface area (Å²) >= 11 is 0. The third-order valence-corrected chi connectivity index (χ3v) is 5.30. The van der Waals surface area contributed by atoms with Gasteiger partial charge in [0, 0.05) is 25.3 Å². The van der Waals surface area contributed by atoms with Crippen LogP contribution in [-0.4, -0.2) is 37.2 Å². The Morgan fingerprint density at radius 3 is 2.74 bits per heavy atom. The van der Waals surface area contributed by atoms with E-state index in [0.29, 0.717) is 12.5 Å². The fourth-order valence-corrected chi connectivity index (χ4v) is 3.86. The second-order valence-electron chi connectivity index (χ2n) is 7.37. The number of fused-ring (bicyclic) bond motifs is 1. The molecule has 1 aliphatic carbocycles. The maximum absolute atomic E-state index is 6.10. The van der Waals surface area contributed by atoms with Crippen molar-refractivity contribution in [3.63, 3.8) is 0 Å². The second kappa shape index (κ2) is 8.55. The number of benzene rings is 2. The SMILES string of the molecule is NC(=NCc1cccc(CN2CCOCC2)c1)Nc1ccc2c(c1)CCC2. The van der Waals surface area contributed by atoms with Crippen LogP contribution in [0.1, 0.15) is 28.7 Å². The summed E-state index contributed by atoms with van der Waals surface area (Å²) in [6.45, 7) is 5.20. The first-order valence-electron chi connectivity index (χ1n) is 9.83. The van der Waals surface area contributed by atoms with E-state index in [4.69, 9.17) is 10.5 Å². The van der Waals surface area contributed by atoms with E-state index in [9.17, 15) is 0 Å². The van der Waals surface area contributed by atoms with E-state index in [-0.39, 0.29) is 0 Å². The van der Waals surface area contributed by atoms with Gasteiger partial charge in [-0.1, -0.05) is 30.3 Å². The number of guanidine groups is 1. The maximum atomic E-state index is 6.10. The Kier molecular flexibility index (Phi) is 5.70. The van der Waals surface area contributed by atoms with Gasteiger partial charge in [0.05, 0.1) is 19.8 Å². The van der Waals surface area contributed by atoms with E-state index in [0.717, 1.165) is 45.0 Å². The molecular weight excluding hydrogens is 336 g/mol. The topological polar surface area (TPSA) is 62.9 Å². The van der Waals surface area contributed by atoms with E-state index in [1.807, 2.05) is 0 Å². The van der Waals surface area contributed by atoms with Crippen molar-refractivity contribution in [2.75, 3.05) is 31.6 Å². The van der Waals surface area contributed by atoms with Crippen LogP contribution >= 0.6 is 0 Å². The van der Waals surface area contributed by atoms with Crippen LogP contribution in [0.4, 0.5) is 5.69 Å². The molecule has 1 fully saturated rings. The Labute approximate surface area is 161 Å². The smallest absolute Gasteiger partial charge is 0.193 e. The molecule has 2 aromatic carbocycles. The number of hydrogen-bond acceptors (Lipinski definition) is 3. The standard InChI is InChI=1S/C22H28N4O/c23-22(25-21-8-7-19-5-2-6-20(19)14-21)24-15-17-3-1-4-18(13-17)16-26-9-11-27-12-10-26/h1,3-4,7-8,13-14H,2,5-6,9-12,15-16H2,(H3,23,24,25). The number of morpholine rings is 1. The molecule has 0 aromatic heterocycles. The molecule has 0 unspecified atom stereocenters. The minimum atomic E-state index is 0.464. The van der Waals surface area contributed by atoms with Crippen molar-refractivity contribution >= 4 is 11.6 Å². The summed E-state index contributed by atoms with van der Waals surface area (Å²) < 4.78 is 5.42. The molecule has 4 rings (SSSR count). The summed E-state index contributed by atoms with van der Waals surface area (Å²) in [4.78, 5) is 6.95. The number of aliphatic imine (C=N–C) groups is 1. The summed E-state index contributed by atoms with van der Waals surface area (Å²) in [6, 6.07) is 15.1. The van der Waals surface area contributed by atoms with Gasteiger partial charge in [-0.2, -0.15) is 0 Å². The van der Waals surface area contributed by atoms with Gasteiger partial charge in [0.1, 0.15) is 0 Å². The third kappa shape index (κ3) is 4.87. The molecule has 1 saturated heterocycles. The van der Waals surface area contributed by atoms with Gasteiger partial charge in [0.15, 0.2) is 5.96 Å². The molecule has 27 heavy (non-hydrogen) atoms. The Balaban J connectivity index is 1.35. The zero-order chi connectivity index (χ0) is 18.5. The molecule has 0 bridgehead atoms. The number of aryl methyl sites for hydroxylation is 2. The molecule has 142 valence electrons. The molecule has 0 atom stereocenters. The highest BCUT2D eigenvalue weighted by atomic mass is 16.5. The van der Waals surface area contributed by atoms with Crippen LogP contribution in [0.25, 0.3) is 0 Å². The number of anilines is 1. The molecule has 0 saturated carbocycles. The van der Waals surface area contributed by atoms with Crippen LogP contribution in [0.15, 0.2) is 47.5 Å². The van der Waals surface area contributed by atoms with Crippen molar-refractivity contribution in [2.24, 2.45) is 10.7 Å². The predicted octanol–water partition coefficient (Wildman–Crippen LogP) is 2.93. The van der Waals surface area contributed by atoms with Crippen LogP contribution in [0, 0.1) is 0 Å². The predicted molar refractivity (Wildman–Crippen MR) is 110 cm³/mol. The van der Waals surface area contributed by atoms with Gasteiger partial charge in [0.25, 0.3) is 0 Å². The highest BCUT2D eigenvalue weighted by Crippen LogP contribution is 2.24. The molecule has 1 heterocycles. The molecule has 5 nitrogen and oxygen atoms in total. The van der Waals surface area contributed by atoms with E-state index in [2.05, 4.69) is 57.7 Å². The van der Waals surface area contributed by atoms with E-state index in [1.54, 1.807) is 0 Å². The van der Waals surface area contributed by atoms with Crippen molar-refractivity contribution in [1.82, 2.24) is 4.90 Å². The highest BCUT2D eigenvalue weighted by molar-refractivity contribution is 5.92. The van der Waals surface area contributed by atoms with Gasteiger partial charge < -0.3 is 15.8 Å². The maximum Gasteiger partial charge on any atom is 0.193 e. The lowest BCUT2D eigenvalue weighted by Gasteiger charge is -2.26. The number of hydrogen-bond donors (Lipinski definition) is 2. The Morgan fingerprint density at radius 1 is 1.04 bits per heavy atom. The van der Waals surface area contributed by atoms with Gasteiger partial charge in [-0.25, -0.2) is 4.99 Å². The lowest BCUT2D eigenvalue weighted by atomic mass is 10.1. The quantitative estimate of drug-likeness (QED) is 0.632. The fourth-order valence-electron chi connectivity index (χ4n) is 3.86. The average molecular weight is 364 g/mol. The number of nitrogens with zero attached hydrogens (tertiary/aromatic N) is 2. The minimum absolute atomic E-state index is 0.464.